The average Bonchev–Trinajstić information content (AvgIpc) is 2.71. The number of benzene rings is 2. The van der Waals surface area contributed by atoms with Gasteiger partial charge in [0.25, 0.3) is 0 Å². The van der Waals surface area contributed by atoms with Gasteiger partial charge in [-0.15, -0.1) is 24.0 Å². The number of hydrogen-bond acceptors (Lipinski definition) is 5. The lowest BCUT2D eigenvalue weighted by Gasteiger charge is -2.14. The molecule has 0 unspecified atom stereocenters. The van der Waals surface area contributed by atoms with Gasteiger partial charge in [-0.1, -0.05) is 17.7 Å². The van der Waals surface area contributed by atoms with Gasteiger partial charge >= 0.3 is 0 Å². The standard InChI is InChI=1S/C20H28N4O4S.HI/c1-5-21-20(24-16-8-11-18(27-3)19(14-16)28-4)22-12-13-23-29(25,26)17-9-6-15(2)7-10-17;/h6-11,14,23H,5,12-13H2,1-4H3,(H2,21,22,24);1H. The van der Waals surface area contributed by atoms with Crippen molar-refractivity contribution in [3.05, 3.63) is 48.0 Å². The summed E-state index contributed by atoms with van der Waals surface area (Å²) in [6, 6.07) is 12.1. The largest absolute Gasteiger partial charge is 0.493 e. The zero-order valence-electron chi connectivity index (χ0n) is 17.6. The van der Waals surface area contributed by atoms with E-state index in [9.17, 15) is 8.42 Å². The zero-order chi connectivity index (χ0) is 21.3. The highest BCUT2D eigenvalue weighted by atomic mass is 127. The predicted octanol–water partition coefficient (Wildman–Crippen LogP) is 2.99. The van der Waals surface area contributed by atoms with Crippen molar-refractivity contribution in [2.45, 2.75) is 18.7 Å². The molecule has 0 bridgehead atoms. The van der Waals surface area contributed by atoms with Gasteiger partial charge in [-0.25, -0.2) is 13.1 Å². The monoisotopic (exact) mass is 548 g/mol. The maximum atomic E-state index is 12.3. The first kappa shape index (κ1) is 26.0. The number of aryl methyl sites for hydroxylation is 1. The summed E-state index contributed by atoms with van der Waals surface area (Å²) in [4.78, 5) is 4.65. The highest BCUT2D eigenvalue weighted by molar-refractivity contribution is 14.0. The Balaban J connectivity index is 0.00000450. The molecule has 166 valence electrons. The van der Waals surface area contributed by atoms with E-state index < -0.39 is 10.0 Å². The molecule has 0 saturated carbocycles. The molecule has 2 rings (SSSR count). The number of guanidine groups is 1. The van der Waals surface area contributed by atoms with Crippen LogP contribution < -0.4 is 24.8 Å². The van der Waals surface area contributed by atoms with Gasteiger partial charge in [0.1, 0.15) is 0 Å². The lowest BCUT2D eigenvalue weighted by Crippen LogP contribution is -2.32. The second-order valence-electron chi connectivity index (χ2n) is 6.17. The van der Waals surface area contributed by atoms with E-state index in [2.05, 4.69) is 20.3 Å². The van der Waals surface area contributed by atoms with Crippen molar-refractivity contribution in [1.29, 1.82) is 0 Å². The molecule has 0 aliphatic carbocycles. The highest BCUT2D eigenvalue weighted by Gasteiger charge is 2.12. The number of anilines is 1. The Hall–Kier alpha value is -2.05. The van der Waals surface area contributed by atoms with Gasteiger partial charge in [-0.2, -0.15) is 0 Å². The Bertz CT molecular complexity index is 934. The van der Waals surface area contributed by atoms with Gasteiger partial charge in [0.15, 0.2) is 17.5 Å². The van der Waals surface area contributed by atoms with Crippen LogP contribution in [0.5, 0.6) is 11.5 Å². The van der Waals surface area contributed by atoms with Crippen LogP contribution in [-0.4, -0.2) is 48.2 Å². The van der Waals surface area contributed by atoms with E-state index in [0.29, 0.717) is 24.0 Å². The molecule has 0 heterocycles. The second-order valence-corrected chi connectivity index (χ2v) is 7.93. The SMILES string of the molecule is CCNC(=NCCNS(=O)(=O)c1ccc(C)cc1)Nc1ccc(OC)c(OC)c1.I. The molecule has 0 aromatic heterocycles. The Labute approximate surface area is 195 Å². The van der Waals surface area contributed by atoms with Crippen LogP contribution >= 0.6 is 24.0 Å². The number of hydrogen-bond donors (Lipinski definition) is 3. The van der Waals surface area contributed by atoms with Gasteiger partial charge in [0.2, 0.25) is 10.0 Å². The number of sulfonamides is 1. The van der Waals surface area contributed by atoms with Crippen molar-refractivity contribution in [1.82, 2.24) is 10.0 Å². The molecular formula is C20H29IN4O4S. The van der Waals surface area contributed by atoms with Crippen molar-refractivity contribution >= 4 is 45.6 Å². The quantitative estimate of drug-likeness (QED) is 0.193. The summed E-state index contributed by atoms with van der Waals surface area (Å²) in [5.74, 6) is 1.76. The maximum Gasteiger partial charge on any atom is 0.240 e. The third-order valence-electron chi connectivity index (χ3n) is 4.00. The zero-order valence-corrected chi connectivity index (χ0v) is 20.7. The van der Waals surface area contributed by atoms with Crippen LogP contribution in [0.15, 0.2) is 52.4 Å². The third kappa shape index (κ3) is 7.65. The highest BCUT2D eigenvalue weighted by Crippen LogP contribution is 2.29. The number of ether oxygens (including phenoxy) is 2. The van der Waals surface area contributed by atoms with Crippen LogP contribution in [0.2, 0.25) is 0 Å². The number of aliphatic imine (C=N–C) groups is 1. The third-order valence-corrected chi connectivity index (χ3v) is 5.47. The minimum Gasteiger partial charge on any atom is -0.493 e. The van der Waals surface area contributed by atoms with Crippen molar-refractivity contribution in [3.63, 3.8) is 0 Å². The topological polar surface area (TPSA) is 101 Å². The van der Waals surface area contributed by atoms with Gasteiger partial charge in [0, 0.05) is 24.8 Å². The molecule has 0 aliphatic rings. The molecule has 2 aromatic carbocycles. The van der Waals surface area contributed by atoms with Crippen molar-refractivity contribution in [2.24, 2.45) is 4.99 Å². The summed E-state index contributed by atoms with van der Waals surface area (Å²) in [6.07, 6.45) is 0. The second kappa shape index (κ2) is 12.6. The van der Waals surface area contributed by atoms with E-state index in [4.69, 9.17) is 9.47 Å². The lowest BCUT2D eigenvalue weighted by atomic mass is 10.2. The molecule has 10 heteroatoms. The van der Waals surface area contributed by atoms with Gasteiger partial charge in [-0.3, -0.25) is 4.99 Å². The van der Waals surface area contributed by atoms with Crippen LogP contribution in [-0.2, 0) is 10.0 Å². The van der Waals surface area contributed by atoms with Crippen LogP contribution in [0, 0.1) is 6.92 Å². The van der Waals surface area contributed by atoms with E-state index in [-0.39, 0.29) is 42.0 Å². The minimum absolute atomic E-state index is 0. The maximum absolute atomic E-state index is 12.3. The molecular weight excluding hydrogens is 519 g/mol. The number of nitrogens with one attached hydrogen (secondary N) is 3. The predicted molar refractivity (Wildman–Crippen MR) is 131 cm³/mol. The van der Waals surface area contributed by atoms with Crippen LogP contribution in [0.4, 0.5) is 5.69 Å². The van der Waals surface area contributed by atoms with E-state index in [1.54, 1.807) is 50.6 Å². The summed E-state index contributed by atoms with van der Waals surface area (Å²) in [6.45, 7) is 4.97. The van der Waals surface area contributed by atoms with E-state index in [1.165, 1.54) is 0 Å². The molecule has 0 amide bonds. The number of methoxy groups -OCH3 is 2. The molecule has 0 spiro atoms. The minimum atomic E-state index is -3.55. The molecule has 30 heavy (non-hydrogen) atoms. The molecule has 8 nitrogen and oxygen atoms in total. The molecule has 3 N–H and O–H groups in total. The molecule has 0 atom stereocenters. The molecule has 0 saturated heterocycles. The Morgan fingerprint density at radius 3 is 2.30 bits per heavy atom. The van der Waals surface area contributed by atoms with Crippen molar-refractivity contribution in [2.75, 3.05) is 39.2 Å². The number of halogens is 1. The van der Waals surface area contributed by atoms with E-state index in [0.717, 1.165) is 11.3 Å². The summed E-state index contributed by atoms with van der Waals surface area (Å²) in [5.41, 5.74) is 1.77. The lowest BCUT2D eigenvalue weighted by molar-refractivity contribution is 0.355. The number of nitrogens with zero attached hydrogens (tertiary/aromatic N) is 1. The smallest absolute Gasteiger partial charge is 0.240 e. The Morgan fingerprint density at radius 2 is 1.70 bits per heavy atom. The Kier molecular flexibility index (Phi) is 10.9. The molecule has 0 fully saturated rings. The fourth-order valence-electron chi connectivity index (χ4n) is 2.51. The summed E-state index contributed by atoms with van der Waals surface area (Å²) >= 11 is 0. The first-order valence-corrected chi connectivity index (χ1v) is 10.7. The van der Waals surface area contributed by atoms with E-state index >= 15 is 0 Å². The van der Waals surface area contributed by atoms with E-state index in [1.807, 2.05) is 19.9 Å². The van der Waals surface area contributed by atoms with Gasteiger partial charge < -0.3 is 20.1 Å². The van der Waals surface area contributed by atoms with Crippen LogP contribution in [0.1, 0.15) is 12.5 Å². The average molecular weight is 548 g/mol. The molecule has 2 aromatic rings. The van der Waals surface area contributed by atoms with Gasteiger partial charge in [-0.05, 0) is 38.1 Å². The summed E-state index contributed by atoms with van der Waals surface area (Å²) < 4.78 is 37.7. The molecule has 0 aliphatic heterocycles. The summed E-state index contributed by atoms with van der Waals surface area (Å²) in [5, 5.41) is 6.29. The Morgan fingerprint density at radius 1 is 1.03 bits per heavy atom. The molecule has 0 radical (unpaired) electrons. The van der Waals surface area contributed by atoms with Crippen molar-refractivity contribution in [3.8, 4) is 11.5 Å². The first-order valence-electron chi connectivity index (χ1n) is 9.23. The van der Waals surface area contributed by atoms with Crippen LogP contribution in [0.3, 0.4) is 0 Å². The summed E-state index contributed by atoms with van der Waals surface area (Å²) in [7, 11) is -0.405. The van der Waals surface area contributed by atoms with Crippen LogP contribution in [0.25, 0.3) is 0 Å². The first-order chi connectivity index (χ1) is 13.9. The fraction of sp³-hybridized carbons (Fsp3) is 0.350. The fourth-order valence-corrected chi connectivity index (χ4v) is 3.53. The van der Waals surface area contributed by atoms with Crippen molar-refractivity contribution < 1.29 is 17.9 Å². The normalized spacial score (nSPS) is 11.4. The number of rotatable bonds is 9. The van der Waals surface area contributed by atoms with Gasteiger partial charge in [0.05, 0.1) is 25.7 Å².